The van der Waals surface area contributed by atoms with E-state index in [0.717, 1.165) is 30.6 Å². The number of ether oxygens (including phenoxy) is 1. The Hall–Kier alpha value is -2.05. The second-order valence-electron chi connectivity index (χ2n) is 4.41. The van der Waals surface area contributed by atoms with E-state index in [0.29, 0.717) is 18.3 Å². The van der Waals surface area contributed by atoms with Gasteiger partial charge in [0.1, 0.15) is 0 Å². The van der Waals surface area contributed by atoms with Crippen LogP contribution in [-0.4, -0.2) is 30.4 Å². The molecule has 0 atom stereocenters. The molecular weight excluding hydrogens is 244 g/mol. The second kappa shape index (κ2) is 6.21. The van der Waals surface area contributed by atoms with Gasteiger partial charge in [0.05, 0.1) is 5.69 Å². The standard InChI is InChI=1S/C12H18N6O/c1-4-5-6-18-11(14-16-17-18)8-19-12-7-9(2)10(3)13-15-12/h7H,4-6,8H2,1-3H3. The van der Waals surface area contributed by atoms with Crippen molar-refractivity contribution in [2.45, 2.75) is 46.8 Å². The van der Waals surface area contributed by atoms with Gasteiger partial charge in [0.15, 0.2) is 12.4 Å². The Morgan fingerprint density at radius 1 is 1.21 bits per heavy atom. The van der Waals surface area contributed by atoms with Gasteiger partial charge in [-0.3, -0.25) is 0 Å². The van der Waals surface area contributed by atoms with Crippen LogP contribution in [0.3, 0.4) is 0 Å². The molecule has 2 heterocycles. The highest BCUT2D eigenvalue weighted by Gasteiger charge is 2.07. The number of hydrogen-bond acceptors (Lipinski definition) is 6. The number of aryl methyl sites for hydroxylation is 3. The Morgan fingerprint density at radius 2 is 2.05 bits per heavy atom. The number of hydrogen-bond donors (Lipinski definition) is 0. The predicted molar refractivity (Wildman–Crippen MR) is 68.6 cm³/mol. The highest BCUT2D eigenvalue weighted by molar-refractivity contribution is 5.21. The lowest BCUT2D eigenvalue weighted by Crippen LogP contribution is -2.09. The lowest BCUT2D eigenvalue weighted by molar-refractivity contribution is 0.271. The lowest BCUT2D eigenvalue weighted by Gasteiger charge is -2.06. The van der Waals surface area contributed by atoms with Crippen LogP contribution in [0.5, 0.6) is 5.88 Å². The molecule has 2 aromatic rings. The molecule has 7 heteroatoms. The van der Waals surface area contributed by atoms with E-state index in [9.17, 15) is 0 Å². The van der Waals surface area contributed by atoms with Crippen LogP contribution in [0.2, 0.25) is 0 Å². The molecule has 0 aliphatic carbocycles. The maximum atomic E-state index is 5.57. The Balaban J connectivity index is 1.98. The minimum atomic E-state index is 0.299. The summed E-state index contributed by atoms with van der Waals surface area (Å²) in [6.45, 7) is 7.12. The summed E-state index contributed by atoms with van der Waals surface area (Å²) in [5.41, 5.74) is 1.95. The highest BCUT2D eigenvalue weighted by Crippen LogP contribution is 2.11. The normalized spacial score (nSPS) is 10.7. The highest BCUT2D eigenvalue weighted by atomic mass is 16.5. The van der Waals surface area contributed by atoms with E-state index in [2.05, 4.69) is 32.6 Å². The van der Waals surface area contributed by atoms with E-state index in [1.54, 1.807) is 4.68 Å². The smallest absolute Gasteiger partial charge is 0.234 e. The van der Waals surface area contributed by atoms with Crippen molar-refractivity contribution in [3.63, 3.8) is 0 Å². The molecule has 2 aromatic heterocycles. The third-order valence-electron chi connectivity index (χ3n) is 2.89. The van der Waals surface area contributed by atoms with Crippen LogP contribution in [-0.2, 0) is 13.2 Å². The van der Waals surface area contributed by atoms with Gasteiger partial charge in [-0.2, -0.15) is 5.10 Å². The molecule has 0 radical (unpaired) electrons. The fourth-order valence-electron chi connectivity index (χ4n) is 1.54. The first kappa shape index (κ1) is 13.4. The molecule has 0 aromatic carbocycles. The Labute approximate surface area is 112 Å². The summed E-state index contributed by atoms with van der Waals surface area (Å²) in [6, 6.07) is 1.86. The molecular formula is C12H18N6O. The number of tetrazole rings is 1. The molecule has 0 unspecified atom stereocenters. The molecule has 0 saturated heterocycles. The molecule has 102 valence electrons. The second-order valence-corrected chi connectivity index (χ2v) is 4.41. The zero-order chi connectivity index (χ0) is 13.7. The molecule has 0 bridgehead atoms. The van der Waals surface area contributed by atoms with Crippen molar-refractivity contribution in [3.05, 3.63) is 23.1 Å². The van der Waals surface area contributed by atoms with Gasteiger partial charge in [0.25, 0.3) is 0 Å². The summed E-state index contributed by atoms with van der Waals surface area (Å²) in [5, 5.41) is 19.6. The van der Waals surface area contributed by atoms with E-state index < -0.39 is 0 Å². The van der Waals surface area contributed by atoms with Crippen molar-refractivity contribution in [1.82, 2.24) is 30.4 Å². The SMILES string of the molecule is CCCCn1nnnc1COc1cc(C)c(C)nn1. The quantitative estimate of drug-likeness (QED) is 0.784. The van der Waals surface area contributed by atoms with Gasteiger partial charge >= 0.3 is 0 Å². The van der Waals surface area contributed by atoms with Crippen molar-refractivity contribution in [2.24, 2.45) is 0 Å². The topological polar surface area (TPSA) is 78.6 Å². The average molecular weight is 262 g/mol. The summed E-state index contributed by atoms with van der Waals surface area (Å²) in [4.78, 5) is 0. The summed E-state index contributed by atoms with van der Waals surface area (Å²) < 4.78 is 7.33. The number of unbranched alkanes of at least 4 members (excludes halogenated alkanes) is 1. The molecule has 0 aliphatic rings. The zero-order valence-corrected chi connectivity index (χ0v) is 11.5. The Bertz CT molecular complexity index is 539. The van der Waals surface area contributed by atoms with E-state index in [1.807, 2.05) is 19.9 Å². The van der Waals surface area contributed by atoms with Crippen molar-refractivity contribution >= 4 is 0 Å². The summed E-state index contributed by atoms with van der Waals surface area (Å²) in [7, 11) is 0. The van der Waals surface area contributed by atoms with Gasteiger partial charge < -0.3 is 4.74 Å². The Kier molecular flexibility index (Phi) is 4.38. The van der Waals surface area contributed by atoms with Crippen molar-refractivity contribution < 1.29 is 4.74 Å². The Morgan fingerprint density at radius 3 is 2.79 bits per heavy atom. The summed E-state index contributed by atoms with van der Waals surface area (Å²) in [5.74, 6) is 1.20. The van der Waals surface area contributed by atoms with Crippen molar-refractivity contribution in [2.75, 3.05) is 0 Å². The predicted octanol–water partition coefficient (Wildman–Crippen LogP) is 1.46. The molecule has 19 heavy (non-hydrogen) atoms. The third kappa shape index (κ3) is 3.46. The van der Waals surface area contributed by atoms with Crippen LogP contribution in [0.4, 0.5) is 0 Å². The van der Waals surface area contributed by atoms with Crippen molar-refractivity contribution in [1.29, 1.82) is 0 Å². The lowest BCUT2D eigenvalue weighted by atomic mass is 10.2. The minimum absolute atomic E-state index is 0.299. The van der Waals surface area contributed by atoms with E-state index >= 15 is 0 Å². The minimum Gasteiger partial charge on any atom is -0.468 e. The van der Waals surface area contributed by atoms with Gasteiger partial charge in [-0.05, 0) is 36.3 Å². The van der Waals surface area contributed by atoms with E-state index in [1.165, 1.54) is 0 Å². The zero-order valence-electron chi connectivity index (χ0n) is 11.5. The third-order valence-corrected chi connectivity index (χ3v) is 2.89. The molecule has 0 fully saturated rings. The maximum absolute atomic E-state index is 5.57. The van der Waals surface area contributed by atoms with Crippen LogP contribution in [0, 0.1) is 13.8 Å². The number of rotatable bonds is 6. The monoisotopic (exact) mass is 262 g/mol. The van der Waals surface area contributed by atoms with Crippen LogP contribution < -0.4 is 4.74 Å². The largest absolute Gasteiger partial charge is 0.468 e. The van der Waals surface area contributed by atoms with Gasteiger partial charge in [0, 0.05) is 12.6 Å². The van der Waals surface area contributed by atoms with Crippen LogP contribution in [0.15, 0.2) is 6.07 Å². The number of nitrogens with zero attached hydrogens (tertiary/aromatic N) is 6. The molecule has 7 nitrogen and oxygen atoms in total. The number of aromatic nitrogens is 6. The first-order chi connectivity index (χ1) is 9.20. The molecule has 0 saturated carbocycles. The molecule has 0 N–H and O–H groups in total. The van der Waals surface area contributed by atoms with Gasteiger partial charge in [-0.25, -0.2) is 4.68 Å². The molecule has 0 amide bonds. The maximum Gasteiger partial charge on any atom is 0.234 e. The molecule has 0 spiro atoms. The first-order valence-electron chi connectivity index (χ1n) is 6.39. The van der Waals surface area contributed by atoms with Crippen molar-refractivity contribution in [3.8, 4) is 5.88 Å². The fourth-order valence-corrected chi connectivity index (χ4v) is 1.54. The first-order valence-corrected chi connectivity index (χ1v) is 6.39. The molecule has 2 rings (SSSR count). The summed E-state index contributed by atoms with van der Waals surface area (Å²) in [6.07, 6.45) is 2.14. The van der Waals surface area contributed by atoms with Crippen LogP contribution >= 0.6 is 0 Å². The van der Waals surface area contributed by atoms with Gasteiger partial charge in [0.2, 0.25) is 5.88 Å². The van der Waals surface area contributed by atoms with Crippen LogP contribution in [0.25, 0.3) is 0 Å². The van der Waals surface area contributed by atoms with Gasteiger partial charge in [-0.15, -0.1) is 10.2 Å². The van der Waals surface area contributed by atoms with E-state index in [-0.39, 0.29) is 0 Å². The fraction of sp³-hybridized carbons (Fsp3) is 0.583. The van der Waals surface area contributed by atoms with Gasteiger partial charge in [-0.1, -0.05) is 13.3 Å². The van der Waals surface area contributed by atoms with Crippen LogP contribution in [0.1, 0.15) is 36.8 Å². The van der Waals surface area contributed by atoms with E-state index in [4.69, 9.17) is 4.74 Å². The molecule has 0 aliphatic heterocycles. The average Bonchev–Trinajstić information content (AvgIpc) is 2.85. The summed E-state index contributed by atoms with van der Waals surface area (Å²) >= 11 is 0.